The lowest BCUT2D eigenvalue weighted by Gasteiger charge is -2.24. The third-order valence-electron chi connectivity index (χ3n) is 5.50. The molecule has 0 radical (unpaired) electrons. The van der Waals surface area contributed by atoms with E-state index in [1.807, 2.05) is 43.3 Å². The van der Waals surface area contributed by atoms with Gasteiger partial charge in [-0.3, -0.25) is 4.79 Å². The molecule has 0 saturated heterocycles. The van der Waals surface area contributed by atoms with Crippen molar-refractivity contribution >= 4 is 23.3 Å². The van der Waals surface area contributed by atoms with Gasteiger partial charge in [-0.1, -0.05) is 35.9 Å². The van der Waals surface area contributed by atoms with Crippen LogP contribution in [0.3, 0.4) is 0 Å². The maximum absolute atomic E-state index is 12.6. The van der Waals surface area contributed by atoms with Gasteiger partial charge in [0.05, 0.1) is 24.7 Å². The average molecular weight is 447 g/mol. The predicted octanol–water partition coefficient (Wildman–Crippen LogP) is 4.17. The van der Waals surface area contributed by atoms with E-state index in [0.717, 1.165) is 28.1 Å². The van der Waals surface area contributed by atoms with Crippen molar-refractivity contribution in [2.24, 2.45) is 0 Å². The summed E-state index contributed by atoms with van der Waals surface area (Å²) in [5.74, 6) is 1.37. The number of benzene rings is 2. The molecule has 1 aliphatic rings. The van der Waals surface area contributed by atoms with E-state index in [-0.39, 0.29) is 17.8 Å². The Bertz CT molecular complexity index is 1300. The molecule has 0 aliphatic carbocycles. The molecule has 0 fully saturated rings. The van der Waals surface area contributed by atoms with Gasteiger partial charge in [0.25, 0.3) is 5.95 Å². The molecule has 9 heteroatoms. The molecule has 4 aromatic rings. The van der Waals surface area contributed by atoms with Crippen molar-refractivity contribution < 1.29 is 9.53 Å². The highest BCUT2D eigenvalue weighted by Gasteiger charge is 2.33. The van der Waals surface area contributed by atoms with E-state index in [2.05, 4.69) is 25.6 Å². The van der Waals surface area contributed by atoms with Crippen LogP contribution in [0.5, 0.6) is 5.75 Å². The first kappa shape index (κ1) is 20.1. The second-order valence-electron chi connectivity index (χ2n) is 7.49. The molecule has 1 aliphatic heterocycles. The topological polar surface area (TPSA) is 94.8 Å². The fourth-order valence-electron chi connectivity index (χ4n) is 3.96. The van der Waals surface area contributed by atoms with Gasteiger partial charge < -0.3 is 10.1 Å². The number of methoxy groups -OCH3 is 1. The van der Waals surface area contributed by atoms with Gasteiger partial charge in [0.2, 0.25) is 5.91 Å². The zero-order valence-electron chi connectivity index (χ0n) is 17.4. The van der Waals surface area contributed by atoms with Crippen molar-refractivity contribution in [3.8, 4) is 23.0 Å². The first-order valence-corrected chi connectivity index (χ1v) is 10.4. The van der Waals surface area contributed by atoms with E-state index >= 15 is 0 Å². The number of halogens is 1. The largest absolute Gasteiger partial charge is 0.497 e. The molecule has 5 rings (SSSR count). The van der Waals surface area contributed by atoms with Crippen molar-refractivity contribution in [1.29, 1.82) is 0 Å². The van der Waals surface area contributed by atoms with Crippen LogP contribution in [0, 0.1) is 6.92 Å². The number of amides is 1. The monoisotopic (exact) mass is 446 g/mol. The molecular formula is C23H19ClN6O2. The summed E-state index contributed by atoms with van der Waals surface area (Å²) >= 11 is 5.99. The Kier molecular flexibility index (Phi) is 5.07. The number of anilines is 1. The molecule has 1 N–H and O–H groups in total. The number of nitrogens with one attached hydrogen (secondary N) is 1. The van der Waals surface area contributed by atoms with Crippen LogP contribution in [0.1, 0.15) is 29.2 Å². The summed E-state index contributed by atoms with van der Waals surface area (Å²) in [7, 11) is 1.63. The van der Waals surface area contributed by atoms with Crippen molar-refractivity contribution in [3.63, 3.8) is 0 Å². The van der Waals surface area contributed by atoms with Crippen molar-refractivity contribution in [2.45, 2.75) is 19.3 Å². The smallest absolute Gasteiger partial charge is 0.272 e. The first-order valence-electron chi connectivity index (χ1n) is 10.0. The van der Waals surface area contributed by atoms with Crippen LogP contribution in [-0.4, -0.2) is 38.0 Å². The minimum absolute atomic E-state index is 0.0960. The summed E-state index contributed by atoms with van der Waals surface area (Å²) in [6.45, 7) is 1.92. The molecule has 0 spiro atoms. The molecular weight excluding hydrogens is 428 g/mol. The van der Waals surface area contributed by atoms with Crippen LogP contribution >= 0.6 is 11.6 Å². The fourth-order valence-corrected chi connectivity index (χ4v) is 4.08. The average Bonchev–Trinajstić information content (AvgIpc) is 3.15. The summed E-state index contributed by atoms with van der Waals surface area (Å²) < 4.78 is 6.81. The molecule has 1 unspecified atom stereocenters. The number of fused-ring (bicyclic) bond motifs is 1. The molecule has 160 valence electrons. The second-order valence-corrected chi connectivity index (χ2v) is 7.92. The molecule has 1 atom stereocenters. The Hall–Kier alpha value is -3.78. The van der Waals surface area contributed by atoms with E-state index < -0.39 is 0 Å². The zero-order chi connectivity index (χ0) is 22.2. The number of hydrogen-bond donors (Lipinski definition) is 1. The van der Waals surface area contributed by atoms with Gasteiger partial charge in [-0.25, -0.2) is 4.98 Å². The standard InChI is InChI=1S/C23H19ClN6O2/c1-13-21-18(14-5-9-17(32-2)10-6-14)11-20(31)27-22(21)30(29-13)23-26-19(12-25-28-23)15-3-7-16(24)8-4-15/h3-10,12,18H,11H2,1-2H3,(H,27,31). The summed E-state index contributed by atoms with van der Waals surface area (Å²) in [5.41, 5.74) is 4.22. The second kappa shape index (κ2) is 8.05. The molecule has 0 bridgehead atoms. The van der Waals surface area contributed by atoms with E-state index in [4.69, 9.17) is 16.3 Å². The van der Waals surface area contributed by atoms with Crippen LogP contribution in [0.2, 0.25) is 5.02 Å². The van der Waals surface area contributed by atoms with Crippen LogP contribution in [0.15, 0.2) is 54.7 Å². The van der Waals surface area contributed by atoms with Gasteiger partial charge in [0.15, 0.2) is 0 Å². The number of carbonyl (C=O) groups excluding carboxylic acids is 1. The molecule has 8 nitrogen and oxygen atoms in total. The van der Waals surface area contributed by atoms with Crippen LogP contribution in [0.4, 0.5) is 5.82 Å². The highest BCUT2D eigenvalue weighted by molar-refractivity contribution is 6.30. The molecule has 1 amide bonds. The third-order valence-corrected chi connectivity index (χ3v) is 5.75. The lowest BCUT2D eigenvalue weighted by molar-refractivity contribution is -0.116. The van der Waals surface area contributed by atoms with E-state index in [9.17, 15) is 4.79 Å². The summed E-state index contributed by atoms with van der Waals surface area (Å²) in [6.07, 6.45) is 1.91. The number of nitrogens with zero attached hydrogens (tertiary/aromatic N) is 5. The van der Waals surface area contributed by atoms with Gasteiger partial charge in [-0.2, -0.15) is 14.9 Å². The highest BCUT2D eigenvalue weighted by atomic mass is 35.5. The minimum atomic E-state index is -0.134. The number of aryl methyl sites for hydroxylation is 1. The number of aromatic nitrogens is 5. The SMILES string of the molecule is COc1ccc(C2CC(=O)Nc3c2c(C)nn3-c2nncc(-c3ccc(Cl)cc3)n2)cc1. The van der Waals surface area contributed by atoms with Gasteiger partial charge in [0.1, 0.15) is 11.6 Å². The molecule has 3 heterocycles. The Morgan fingerprint density at radius 1 is 1.12 bits per heavy atom. The summed E-state index contributed by atoms with van der Waals surface area (Å²) in [5, 5.41) is 16.5. The molecule has 0 saturated carbocycles. The number of hydrogen-bond acceptors (Lipinski definition) is 6. The third kappa shape index (κ3) is 3.58. The lowest BCUT2D eigenvalue weighted by atomic mass is 9.86. The van der Waals surface area contributed by atoms with Crippen molar-refractivity contribution in [3.05, 3.63) is 76.6 Å². The quantitative estimate of drug-likeness (QED) is 0.505. The number of ether oxygens (including phenoxy) is 1. The maximum atomic E-state index is 12.6. The van der Waals surface area contributed by atoms with Gasteiger partial charge in [-0.05, 0) is 36.8 Å². The maximum Gasteiger partial charge on any atom is 0.272 e. The zero-order valence-corrected chi connectivity index (χ0v) is 18.2. The molecule has 2 aromatic carbocycles. The minimum Gasteiger partial charge on any atom is -0.497 e. The fraction of sp³-hybridized carbons (Fsp3) is 0.174. The van der Waals surface area contributed by atoms with Crippen LogP contribution < -0.4 is 10.1 Å². The molecule has 32 heavy (non-hydrogen) atoms. The van der Waals surface area contributed by atoms with Crippen LogP contribution in [-0.2, 0) is 4.79 Å². The summed E-state index contributed by atoms with van der Waals surface area (Å²) in [4.78, 5) is 17.2. The van der Waals surface area contributed by atoms with E-state index in [1.54, 1.807) is 30.1 Å². The van der Waals surface area contributed by atoms with E-state index in [1.165, 1.54) is 0 Å². The van der Waals surface area contributed by atoms with Gasteiger partial charge in [0, 0.05) is 28.5 Å². The number of carbonyl (C=O) groups is 1. The normalized spacial score (nSPS) is 15.2. The Morgan fingerprint density at radius 3 is 2.59 bits per heavy atom. The van der Waals surface area contributed by atoms with Gasteiger partial charge >= 0.3 is 0 Å². The number of rotatable bonds is 4. The van der Waals surface area contributed by atoms with Crippen LogP contribution in [0.25, 0.3) is 17.2 Å². The Labute approximate surface area is 189 Å². The Morgan fingerprint density at radius 2 is 1.88 bits per heavy atom. The van der Waals surface area contributed by atoms with Gasteiger partial charge in [-0.15, -0.1) is 5.10 Å². The van der Waals surface area contributed by atoms with Crippen molar-refractivity contribution in [2.75, 3.05) is 12.4 Å². The van der Waals surface area contributed by atoms with Crippen molar-refractivity contribution in [1.82, 2.24) is 25.0 Å². The summed E-state index contributed by atoms with van der Waals surface area (Å²) in [6, 6.07) is 15.0. The molecule has 2 aromatic heterocycles. The highest BCUT2D eigenvalue weighted by Crippen LogP contribution is 2.40. The predicted molar refractivity (Wildman–Crippen MR) is 120 cm³/mol. The van der Waals surface area contributed by atoms with E-state index in [0.29, 0.717) is 23.0 Å². The Balaban J connectivity index is 1.58. The lowest BCUT2D eigenvalue weighted by Crippen LogP contribution is -2.25. The first-order chi connectivity index (χ1) is 15.5.